The van der Waals surface area contributed by atoms with Crippen LogP contribution in [0.4, 0.5) is 0 Å². The van der Waals surface area contributed by atoms with Gasteiger partial charge in [-0.25, -0.2) is 0 Å². The lowest BCUT2D eigenvalue weighted by atomic mass is 9.91. The van der Waals surface area contributed by atoms with Crippen molar-refractivity contribution in [2.24, 2.45) is 0 Å². The fourth-order valence-electron chi connectivity index (χ4n) is 3.08. The number of rotatable bonds is 0. The van der Waals surface area contributed by atoms with Crippen LogP contribution in [0.1, 0.15) is 17.2 Å². The van der Waals surface area contributed by atoms with Crippen LogP contribution in [0.5, 0.6) is 0 Å². The van der Waals surface area contributed by atoms with E-state index in [1.165, 1.54) is 21.6 Å². The molecule has 0 bridgehead atoms. The van der Waals surface area contributed by atoms with Gasteiger partial charge in [0.25, 0.3) is 0 Å². The van der Waals surface area contributed by atoms with Crippen LogP contribution in [0.3, 0.4) is 0 Å². The number of benzene rings is 2. The summed E-state index contributed by atoms with van der Waals surface area (Å²) in [4.78, 5) is 2.46. The van der Waals surface area contributed by atoms with Gasteiger partial charge in [-0.3, -0.25) is 0 Å². The molecule has 0 amide bonds. The summed E-state index contributed by atoms with van der Waals surface area (Å²) in [6, 6.07) is 17.9. The van der Waals surface area contributed by atoms with Crippen LogP contribution >= 0.6 is 0 Å². The Bertz CT molecular complexity index is 714. The average molecular weight is 233 g/mol. The molecule has 0 saturated heterocycles. The van der Waals surface area contributed by atoms with Crippen LogP contribution < -0.4 is 10.4 Å². The number of hydrogen-bond acceptors (Lipinski definition) is 1. The molecule has 1 unspecified atom stereocenters. The summed E-state index contributed by atoms with van der Waals surface area (Å²) in [6.07, 6.45) is 5.86. The SMILES string of the molecule is C1=c2ccccc2=CN2CCc3ccccc3C12. The van der Waals surface area contributed by atoms with Gasteiger partial charge in [0.05, 0.1) is 6.04 Å². The van der Waals surface area contributed by atoms with E-state index in [1.54, 1.807) is 0 Å². The molecule has 0 radical (unpaired) electrons. The van der Waals surface area contributed by atoms with Crippen LogP contribution in [-0.4, -0.2) is 11.4 Å². The maximum absolute atomic E-state index is 2.46. The molecule has 0 aromatic heterocycles. The van der Waals surface area contributed by atoms with E-state index in [9.17, 15) is 0 Å². The van der Waals surface area contributed by atoms with Crippen molar-refractivity contribution in [3.63, 3.8) is 0 Å². The van der Waals surface area contributed by atoms with Crippen LogP contribution in [0.15, 0.2) is 48.5 Å². The van der Waals surface area contributed by atoms with Crippen LogP contribution in [-0.2, 0) is 6.42 Å². The van der Waals surface area contributed by atoms with Crippen molar-refractivity contribution in [1.82, 2.24) is 4.90 Å². The second-order valence-electron chi connectivity index (χ2n) is 5.06. The van der Waals surface area contributed by atoms with Crippen LogP contribution in [0.2, 0.25) is 0 Å². The van der Waals surface area contributed by atoms with Gasteiger partial charge in [-0.15, -0.1) is 0 Å². The summed E-state index contributed by atoms with van der Waals surface area (Å²) in [5.74, 6) is 0. The maximum atomic E-state index is 2.46. The molecule has 2 aliphatic rings. The van der Waals surface area contributed by atoms with Crippen molar-refractivity contribution in [3.05, 3.63) is 70.1 Å². The molecule has 2 aromatic rings. The molecule has 1 nitrogen and oxygen atoms in total. The lowest BCUT2D eigenvalue weighted by molar-refractivity contribution is 0.350. The van der Waals surface area contributed by atoms with Crippen molar-refractivity contribution < 1.29 is 0 Å². The van der Waals surface area contributed by atoms with E-state index in [2.05, 4.69) is 65.7 Å². The van der Waals surface area contributed by atoms with E-state index < -0.39 is 0 Å². The maximum Gasteiger partial charge on any atom is 0.0733 e. The molecule has 0 spiro atoms. The number of hydrogen-bond donors (Lipinski definition) is 0. The van der Waals surface area contributed by atoms with E-state index in [0.29, 0.717) is 6.04 Å². The highest BCUT2D eigenvalue weighted by Crippen LogP contribution is 2.31. The molecular formula is C17H15N. The molecule has 1 atom stereocenters. The zero-order chi connectivity index (χ0) is 11.9. The lowest BCUT2D eigenvalue weighted by Gasteiger charge is -2.36. The fraction of sp³-hybridized carbons (Fsp3) is 0.176. The molecule has 88 valence electrons. The van der Waals surface area contributed by atoms with E-state index in [1.807, 2.05) is 0 Å². The van der Waals surface area contributed by atoms with Gasteiger partial charge in [0, 0.05) is 12.7 Å². The molecule has 0 fully saturated rings. The van der Waals surface area contributed by atoms with Gasteiger partial charge in [0.1, 0.15) is 0 Å². The van der Waals surface area contributed by atoms with Crippen LogP contribution in [0, 0.1) is 0 Å². The van der Waals surface area contributed by atoms with E-state index in [-0.39, 0.29) is 0 Å². The molecule has 1 heteroatoms. The Labute approximate surface area is 107 Å². The van der Waals surface area contributed by atoms with Gasteiger partial charge in [0.2, 0.25) is 0 Å². The fourth-order valence-corrected chi connectivity index (χ4v) is 3.08. The molecular weight excluding hydrogens is 218 g/mol. The van der Waals surface area contributed by atoms with Gasteiger partial charge in [-0.1, -0.05) is 48.5 Å². The second kappa shape index (κ2) is 3.74. The Morgan fingerprint density at radius 2 is 1.67 bits per heavy atom. The summed E-state index contributed by atoms with van der Waals surface area (Å²) in [7, 11) is 0. The second-order valence-corrected chi connectivity index (χ2v) is 5.06. The first-order valence-electron chi connectivity index (χ1n) is 6.54. The average Bonchev–Trinajstić information content (AvgIpc) is 2.45. The van der Waals surface area contributed by atoms with E-state index >= 15 is 0 Å². The van der Waals surface area contributed by atoms with E-state index in [0.717, 1.165) is 13.0 Å². The summed E-state index contributed by atoms with van der Waals surface area (Å²) in [6.45, 7) is 1.12. The van der Waals surface area contributed by atoms with Crippen molar-refractivity contribution >= 4 is 12.3 Å². The van der Waals surface area contributed by atoms with Gasteiger partial charge in [-0.05, 0) is 34.1 Å². The molecule has 2 aliphatic heterocycles. The normalized spacial score (nSPS) is 20.0. The third-order valence-electron chi connectivity index (χ3n) is 4.01. The van der Waals surface area contributed by atoms with Crippen molar-refractivity contribution in [1.29, 1.82) is 0 Å². The first kappa shape index (κ1) is 9.95. The third-order valence-corrected chi connectivity index (χ3v) is 4.01. The minimum Gasteiger partial charge on any atom is -0.366 e. The molecule has 4 rings (SSSR count). The Balaban J connectivity index is 1.95. The Kier molecular flexibility index (Phi) is 2.07. The van der Waals surface area contributed by atoms with Crippen molar-refractivity contribution in [3.8, 4) is 0 Å². The molecule has 2 aromatic carbocycles. The van der Waals surface area contributed by atoms with Gasteiger partial charge >= 0.3 is 0 Å². The number of nitrogens with zero attached hydrogens (tertiary/aromatic N) is 1. The standard InChI is InChI=1S/C17H15N/c1-2-7-15-12-18-10-9-13-5-3-4-8-16(13)17(18)11-14(15)6-1/h1-8,11-12,17H,9-10H2. The minimum absolute atomic E-state index is 0.421. The molecule has 18 heavy (non-hydrogen) atoms. The Morgan fingerprint density at radius 3 is 2.61 bits per heavy atom. The molecule has 2 heterocycles. The topological polar surface area (TPSA) is 3.24 Å². The highest BCUT2D eigenvalue weighted by molar-refractivity contribution is 5.51. The lowest BCUT2D eigenvalue weighted by Crippen LogP contribution is -2.40. The predicted molar refractivity (Wildman–Crippen MR) is 74.2 cm³/mol. The van der Waals surface area contributed by atoms with Crippen molar-refractivity contribution in [2.75, 3.05) is 6.54 Å². The summed E-state index contributed by atoms with van der Waals surface area (Å²) in [5.41, 5.74) is 2.97. The smallest absolute Gasteiger partial charge is 0.0733 e. The molecule has 0 aliphatic carbocycles. The highest BCUT2D eigenvalue weighted by atomic mass is 15.1. The Morgan fingerprint density at radius 1 is 0.889 bits per heavy atom. The van der Waals surface area contributed by atoms with Gasteiger partial charge < -0.3 is 4.90 Å². The van der Waals surface area contributed by atoms with Crippen LogP contribution in [0.25, 0.3) is 12.3 Å². The third kappa shape index (κ3) is 1.40. The zero-order valence-electron chi connectivity index (χ0n) is 10.2. The van der Waals surface area contributed by atoms with Gasteiger partial charge in [0.15, 0.2) is 0 Å². The largest absolute Gasteiger partial charge is 0.366 e. The zero-order valence-corrected chi connectivity index (χ0v) is 10.2. The monoisotopic (exact) mass is 233 g/mol. The quantitative estimate of drug-likeness (QED) is 0.671. The number of fused-ring (bicyclic) bond motifs is 4. The Hall–Kier alpha value is -2.02. The summed E-state index contributed by atoms with van der Waals surface area (Å²) >= 11 is 0. The van der Waals surface area contributed by atoms with E-state index in [4.69, 9.17) is 0 Å². The molecule has 0 saturated carbocycles. The highest BCUT2D eigenvalue weighted by Gasteiger charge is 2.24. The molecule has 0 N–H and O–H groups in total. The van der Waals surface area contributed by atoms with Gasteiger partial charge in [-0.2, -0.15) is 0 Å². The minimum atomic E-state index is 0.421. The summed E-state index contributed by atoms with van der Waals surface area (Å²) in [5, 5.41) is 2.70. The first-order valence-corrected chi connectivity index (χ1v) is 6.54. The predicted octanol–water partition coefficient (Wildman–Crippen LogP) is 1.82. The summed E-state index contributed by atoms with van der Waals surface area (Å²) < 4.78 is 0. The van der Waals surface area contributed by atoms with Crippen molar-refractivity contribution in [2.45, 2.75) is 12.5 Å². The first-order chi connectivity index (χ1) is 8.92.